The predicted octanol–water partition coefficient (Wildman–Crippen LogP) is 3.50. The van der Waals surface area contributed by atoms with E-state index in [1.807, 2.05) is 34.6 Å². The highest BCUT2D eigenvalue weighted by Crippen LogP contribution is 2.74. The van der Waals surface area contributed by atoms with Crippen LogP contribution in [0.15, 0.2) is 0 Å². The van der Waals surface area contributed by atoms with E-state index in [2.05, 4.69) is 32.2 Å². The highest BCUT2D eigenvalue weighted by atomic mass is 16.2. The third kappa shape index (κ3) is 2.06. The molecule has 0 spiro atoms. The molecule has 3 nitrogen and oxygen atoms in total. The summed E-state index contributed by atoms with van der Waals surface area (Å²) in [5, 5.41) is 12.4. The number of amides is 1. The highest BCUT2D eigenvalue weighted by molar-refractivity contribution is 5.83. The molecule has 0 heterocycles. The minimum Gasteiger partial charge on any atom is -0.353 e. The Bertz CT molecular complexity index is 431. The standard InChI is InChI=1S/C16H28N2O/c1-11(2)18-12(19)13(3,4)14(5,6)16(8)9-15(16,7)10-17/h11H,9H2,1-8H3,(H,18,19). The minimum absolute atomic E-state index is 0.0703. The molecular weight excluding hydrogens is 236 g/mol. The molecule has 0 aromatic carbocycles. The molecule has 0 saturated heterocycles. The summed E-state index contributed by atoms with van der Waals surface area (Å²) >= 11 is 0. The zero-order valence-electron chi connectivity index (χ0n) is 13.6. The Hall–Kier alpha value is -1.04. The molecular formula is C16H28N2O. The van der Waals surface area contributed by atoms with Crippen LogP contribution in [0.25, 0.3) is 0 Å². The Labute approximate surface area is 117 Å². The van der Waals surface area contributed by atoms with E-state index < -0.39 is 5.41 Å². The van der Waals surface area contributed by atoms with Crippen molar-refractivity contribution in [2.45, 2.75) is 67.9 Å². The Morgan fingerprint density at radius 3 is 2.05 bits per heavy atom. The van der Waals surface area contributed by atoms with E-state index >= 15 is 0 Å². The van der Waals surface area contributed by atoms with Gasteiger partial charge in [-0.05, 0) is 38.0 Å². The summed E-state index contributed by atoms with van der Waals surface area (Å²) in [6.45, 7) is 16.3. The van der Waals surface area contributed by atoms with Gasteiger partial charge in [-0.2, -0.15) is 5.26 Å². The lowest BCUT2D eigenvalue weighted by Gasteiger charge is -2.46. The maximum atomic E-state index is 12.5. The second kappa shape index (κ2) is 4.23. The van der Waals surface area contributed by atoms with E-state index in [9.17, 15) is 10.1 Å². The summed E-state index contributed by atoms with van der Waals surface area (Å²) in [5.74, 6) is 0.0703. The van der Waals surface area contributed by atoms with Crippen LogP contribution in [0.3, 0.4) is 0 Å². The summed E-state index contributed by atoms with van der Waals surface area (Å²) in [5.41, 5.74) is -1.19. The van der Waals surface area contributed by atoms with Gasteiger partial charge in [0.1, 0.15) is 0 Å². The van der Waals surface area contributed by atoms with Gasteiger partial charge in [-0.1, -0.05) is 34.6 Å². The smallest absolute Gasteiger partial charge is 0.226 e. The van der Waals surface area contributed by atoms with Gasteiger partial charge in [0.05, 0.1) is 11.5 Å². The van der Waals surface area contributed by atoms with Gasteiger partial charge >= 0.3 is 0 Å². The molecule has 108 valence electrons. The number of carbonyl (C=O) groups excluding carboxylic acids is 1. The summed E-state index contributed by atoms with van der Waals surface area (Å²) in [4.78, 5) is 12.5. The molecule has 1 saturated carbocycles. The van der Waals surface area contributed by atoms with Gasteiger partial charge in [-0.15, -0.1) is 0 Å². The summed E-state index contributed by atoms with van der Waals surface area (Å²) < 4.78 is 0. The second-order valence-electron chi connectivity index (χ2n) is 7.83. The van der Waals surface area contributed by atoms with E-state index in [1.54, 1.807) is 0 Å². The average molecular weight is 264 g/mol. The van der Waals surface area contributed by atoms with Crippen molar-refractivity contribution in [2.24, 2.45) is 21.7 Å². The maximum absolute atomic E-state index is 12.5. The second-order valence-corrected chi connectivity index (χ2v) is 7.83. The number of rotatable bonds is 4. The number of hydrogen-bond acceptors (Lipinski definition) is 2. The van der Waals surface area contributed by atoms with Crippen LogP contribution in [0, 0.1) is 33.0 Å². The fourth-order valence-electron chi connectivity index (χ4n) is 3.15. The third-order valence-corrected chi connectivity index (χ3v) is 5.98. The van der Waals surface area contributed by atoms with Crippen molar-refractivity contribution in [2.75, 3.05) is 0 Å². The lowest BCUT2D eigenvalue weighted by Crippen LogP contribution is -2.52. The van der Waals surface area contributed by atoms with Crippen LogP contribution in [0.1, 0.15) is 61.8 Å². The molecule has 0 bridgehead atoms. The zero-order valence-corrected chi connectivity index (χ0v) is 13.6. The first-order valence-electron chi connectivity index (χ1n) is 7.08. The molecule has 2 unspecified atom stereocenters. The molecule has 1 fully saturated rings. The number of nitrogens with zero attached hydrogens (tertiary/aromatic N) is 1. The normalized spacial score (nSPS) is 30.9. The van der Waals surface area contributed by atoms with Crippen molar-refractivity contribution < 1.29 is 4.79 Å². The number of nitriles is 1. The number of nitrogens with one attached hydrogen (secondary N) is 1. The molecule has 19 heavy (non-hydrogen) atoms. The van der Waals surface area contributed by atoms with Crippen molar-refractivity contribution >= 4 is 5.91 Å². The Morgan fingerprint density at radius 2 is 1.74 bits per heavy atom. The van der Waals surface area contributed by atoms with E-state index in [0.717, 1.165) is 6.42 Å². The van der Waals surface area contributed by atoms with Gasteiger partial charge in [0.2, 0.25) is 5.91 Å². The van der Waals surface area contributed by atoms with E-state index in [0.29, 0.717) is 0 Å². The first-order chi connectivity index (χ1) is 8.35. The Kier molecular flexibility index (Phi) is 3.57. The summed E-state index contributed by atoms with van der Waals surface area (Å²) in [6.07, 6.45) is 0.863. The topological polar surface area (TPSA) is 52.9 Å². The fourth-order valence-corrected chi connectivity index (χ4v) is 3.15. The van der Waals surface area contributed by atoms with Gasteiger partial charge in [-0.25, -0.2) is 0 Å². The lowest BCUT2D eigenvalue weighted by atomic mass is 9.57. The molecule has 1 aliphatic carbocycles. The third-order valence-electron chi connectivity index (χ3n) is 5.98. The van der Waals surface area contributed by atoms with Gasteiger partial charge in [-0.3, -0.25) is 4.79 Å². The molecule has 1 amide bonds. The van der Waals surface area contributed by atoms with Crippen molar-refractivity contribution in [1.29, 1.82) is 5.26 Å². The average Bonchev–Trinajstić information content (AvgIpc) is 2.83. The van der Waals surface area contributed by atoms with E-state index in [-0.39, 0.29) is 28.2 Å². The first kappa shape index (κ1) is 16.0. The highest BCUT2D eigenvalue weighted by Gasteiger charge is 2.72. The molecule has 1 N–H and O–H groups in total. The monoisotopic (exact) mass is 264 g/mol. The van der Waals surface area contributed by atoms with Crippen LogP contribution in [-0.4, -0.2) is 11.9 Å². The van der Waals surface area contributed by atoms with Crippen LogP contribution in [0.5, 0.6) is 0 Å². The Morgan fingerprint density at radius 1 is 1.26 bits per heavy atom. The van der Waals surface area contributed by atoms with Crippen LogP contribution in [-0.2, 0) is 4.79 Å². The summed E-state index contributed by atoms with van der Waals surface area (Å²) in [6, 6.07) is 2.57. The molecule has 0 aliphatic heterocycles. The molecule has 0 aromatic heterocycles. The molecule has 2 atom stereocenters. The van der Waals surface area contributed by atoms with Crippen molar-refractivity contribution in [3.8, 4) is 6.07 Å². The maximum Gasteiger partial charge on any atom is 0.226 e. The van der Waals surface area contributed by atoms with Crippen LogP contribution in [0.4, 0.5) is 0 Å². The molecule has 3 heteroatoms. The summed E-state index contributed by atoms with van der Waals surface area (Å²) in [7, 11) is 0. The Balaban J connectivity index is 3.08. The number of hydrogen-bond donors (Lipinski definition) is 1. The predicted molar refractivity (Wildman–Crippen MR) is 77.3 cm³/mol. The van der Waals surface area contributed by atoms with Gasteiger partial charge in [0.15, 0.2) is 0 Å². The van der Waals surface area contributed by atoms with Crippen molar-refractivity contribution in [3.05, 3.63) is 0 Å². The van der Waals surface area contributed by atoms with Gasteiger partial charge in [0, 0.05) is 11.5 Å². The fraction of sp³-hybridized carbons (Fsp3) is 0.875. The zero-order chi connectivity index (χ0) is 15.3. The van der Waals surface area contributed by atoms with Gasteiger partial charge in [0.25, 0.3) is 0 Å². The van der Waals surface area contributed by atoms with Gasteiger partial charge < -0.3 is 5.32 Å². The van der Waals surface area contributed by atoms with Crippen LogP contribution in [0.2, 0.25) is 0 Å². The number of carbonyl (C=O) groups is 1. The molecule has 1 aliphatic rings. The lowest BCUT2D eigenvalue weighted by molar-refractivity contribution is -0.140. The minimum atomic E-state index is -0.513. The van der Waals surface area contributed by atoms with Crippen LogP contribution >= 0.6 is 0 Å². The van der Waals surface area contributed by atoms with E-state index in [4.69, 9.17) is 0 Å². The molecule has 1 rings (SSSR count). The molecule has 0 radical (unpaired) electrons. The van der Waals surface area contributed by atoms with Crippen LogP contribution < -0.4 is 5.32 Å². The van der Waals surface area contributed by atoms with Crippen molar-refractivity contribution in [1.82, 2.24) is 5.32 Å². The van der Waals surface area contributed by atoms with E-state index in [1.165, 1.54) is 0 Å². The largest absolute Gasteiger partial charge is 0.353 e. The van der Waals surface area contributed by atoms with Crippen molar-refractivity contribution in [3.63, 3.8) is 0 Å². The first-order valence-corrected chi connectivity index (χ1v) is 7.08. The molecule has 0 aromatic rings. The quantitative estimate of drug-likeness (QED) is 0.845. The SMILES string of the molecule is CC(C)NC(=O)C(C)(C)C(C)(C)C1(C)CC1(C)C#N.